The predicted molar refractivity (Wildman–Crippen MR) is 145 cm³/mol. The van der Waals surface area contributed by atoms with Gasteiger partial charge in [0.05, 0.1) is 33.1 Å². The van der Waals surface area contributed by atoms with Gasteiger partial charge in [-0.15, -0.1) is 0 Å². The molecule has 5 aromatic rings. The number of para-hydroxylation sites is 2. The molecule has 3 heterocycles. The third kappa shape index (κ3) is 4.29. The normalized spacial score (nSPS) is 13.2. The van der Waals surface area contributed by atoms with Crippen LogP contribution in [-0.4, -0.2) is 25.9 Å². The van der Waals surface area contributed by atoms with E-state index in [4.69, 9.17) is 16.0 Å². The van der Waals surface area contributed by atoms with Crippen LogP contribution in [0.2, 0.25) is 5.02 Å². The predicted octanol–water partition coefficient (Wildman–Crippen LogP) is 6.14. The van der Waals surface area contributed by atoms with Crippen LogP contribution in [0.4, 0.5) is 10.8 Å². The molecule has 1 aliphatic rings. The van der Waals surface area contributed by atoms with Crippen LogP contribution in [0.25, 0.3) is 10.2 Å². The number of hydrogen-bond acceptors (Lipinski definition) is 6. The van der Waals surface area contributed by atoms with Crippen LogP contribution in [0.5, 0.6) is 0 Å². The maximum absolute atomic E-state index is 13.7. The average molecular weight is 550 g/mol. The summed E-state index contributed by atoms with van der Waals surface area (Å²) in [5, 5.41) is 0.971. The Hall–Kier alpha value is -3.66. The van der Waals surface area contributed by atoms with Gasteiger partial charge in [0.25, 0.3) is 15.9 Å². The molecule has 0 spiro atoms. The first kappa shape index (κ1) is 23.7. The quantitative estimate of drug-likeness (QED) is 0.254. The van der Waals surface area contributed by atoms with Crippen molar-refractivity contribution in [1.29, 1.82) is 0 Å². The van der Waals surface area contributed by atoms with Gasteiger partial charge in [-0.1, -0.05) is 47.2 Å². The summed E-state index contributed by atoms with van der Waals surface area (Å²) in [6.45, 7) is 0.549. The Morgan fingerprint density at radius 3 is 2.59 bits per heavy atom. The second-order valence-electron chi connectivity index (χ2n) is 8.53. The molecule has 0 bridgehead atoms. The molecule has 6 rings (SSSR count). The molecule has 1 aliphatic heterocycles. The number of aromatic nitrogens is 1. The molecule has 2 aromatic heterocycles. The molecule has 10 heteroatoms. The molecular weight excluding hydrogens is 530 g/mol. The van der Waals surface area contributed by atoms with Gasteiger partial charge in [0.15, 0.2) is 5.13 Å². The summed E-state index contributed by atoms with van der Waals surface area (Å²) >= 11 is 7.67. The molecule has 7 nitrogen and oxygen atoms in total. The first-order valence-electron chi connectivity index (χ1n) is 11.5. The van der Waals surface area contributed by atoms with E-state index in [9.17, 15) is 13.2 Å². The lowest BCUT2D eigenvalue weighted by molar-refractivity contribution is 0.0983. The summed E-state index contributed by atoms with van der Waals surface area (Å²) < 4.78 is 34.5. The number of anilines is 2. The summed E-state index contributed by atoms with van der Waals surface area (Å²) in [6.07, 6.45) is 2.21. The Labute approximate surface area is 222 Å². The third-order valence-electron chi connectivity index (χ3n) is 6.26. The van der Waals surface area contributed by atoms with Crippen molar-refractivity contribution in [2.45, 2.75) is 17.9 Å². The fraction of sp³-hybridized carbons (Fsp3) is 0.111. The Balaban J connectivity index is 1.32. The van der Waals surface area contributed by atoms with Gasteiger partial charge in [-0.05, 0) is 66.6 Å². The van der Waals surface area contributed by atoms with Gasteiger partial charge < -0.3 is 4.42 Å². The lowest BCUT2D eigenvalue weighted by atomic mass is 10.2. The standard InChI is InChI=1S/C27H20ClN3O4S2/c28-22-7-3-9-24-25(22)29-27(36-24)30(17-20-6-4-16-35-20)26(32)19-10-12-21(13-11-19)37(33,34)31-15-14-18-5-1-2-8-23(18)31/h1-13,16H,14-15,17H2. The van der Waals surface area contributed by atoms with Crippen molar-refractivity contribution < 1.29 is 17.6 Å². The minimum atomic E-state index is -3.76. The highest BCUT2D eigenvalue weighted by molar-refractivity contribution is 7.92. The van der Waals surface area contributed by atoms with E-state index in [0.29, 0.717) is 45.6 Å². The molecule has 1 amide bonds. The SMILES string of the molecule is O=C(c1ccc(S(=O)(=O)N2CCc3ccccc32)cc1)N(Cc1ccco1)c1nc2c(Cl)cccc2s1. The monoisotopic (exact) mass is 549 g/mol. The van der Waals surface area contributed by atoms with Gasteiger partial charge >= 0.3 is 0 Å². The maximum Gasteiger partial charge on any atom is 0.264 e. The van der Waals surface area contributed by atoms with E-state index in [1.54, 1.807) is 24.5 Å². The van der Waals surface area contributed by atoms with E-state index in [1.807, 2.05) is 36.4 Å². The lowest BCUT2D eigenvalue weighted by Crippen LogP contribution is -2.31. The van der Waals surface area contributed by atoms with E-state index in [-0.39, 0.29) is 17.3 Å². The van der Waals surface area contributed by atoms with Crippen LogP contribution in [-0.2, 0) is 23.0 Å². The number of rotatable bonds is 6. The summed E-state index contributed by atoms with van der Waals surface area (Å²) in [5.41, 5.74) is 2.65. The molecule has 0 N–H and O–H groups in total. The zero-order valence-electron chi connectivity index (χ0n) is 19.4. The van der Waals surface area contributed by atoms with Crippen molar-refractivity contribution >= 4 is 59.9 Å². The highest BCUT2D eigenvalue weighted by Crippen LogP contribution is 2.35. The highest BCUT2D eigenvalue weighted by atomic mass is 35.5. The van der Waals surface area contributed by atoms with Crippen molar-refractivity contribution in [2.24, 2.45) is 0 Å². The Bertz CT molecular complexity index is 1710. The first-order valence-corrected chi connectivity index (χ1v) is 14.2. The Morgan fingerprint density at radius 2 is 1.84 bits per heavy atom. The third-order valence-corrected chi connectivity index (χ3v) is 9.44. The smallest absolute Gasteiger partial charge is 0.264 e. The fourth-order valence-corrected chi connectivity index (χ4v) is 7.18. The molecule has 186 valence electrons. The van der Waals surface area contributed by atoms with Crippen LogP contribution < -0.4 is 9.21 Å². The number of hydrogen-bond donors (Lipinski definition) is 0. The van der Waals surface area contributed by atoms with Crippen molar-refractivity contribution in [3.63, 3.8) is 0 Å². The molecular formula is C27H20ClN3O4S2. The molecule has 0 fully saturated rings. The number of thiazole rings is 1. The molecule has 0 aliphatic carbocycles. The number of amides is 1. The minimum Gasteiger partial charge on any atom is -0.467 e. The van der Waals surface area contributed by atoms with Crippen molar-refractivity contribution in [3.8, 4) is 0 Å². The van der Waals surface area contributed by atoms with Gasteiger partial charge in [-0.2, -0.15) is 0 Å². The molecule has 0 atom stereocenters. The van der Waals surface area contributed by atoms with Crippen LogP contribution in [0, 0.1) is 0 Å². The van der Waals surface area contributed by atoms with Crippen molar-refractivity contribution in [3.05, 3.63) is 107 Å². The van der Waals surface area contributed by atoms with E-state index in [0.717, 1.165) is 10.3 Å². The van der Waals surface area contributed by atoms with Gasteiger partial charge in [0, 0.05) is 12.1 Å². The molecule has 0 radical (unpaired) electrons. The first-order chi connectivity index (χ1) is 17.9. The summed E-state index contributed by atoms with van der Waals surface area (Å²) in [5.74, 6) is 0.257. The van der Waals surface area contributed by atoms with E-state index < -0.39 is 10.0 Å². The van der Waals surface area contributed by atoms with Crippen LogP contribution in [0.3, 0.4) is 0 Å². The number of halogens is 1. The van der Waals surface area contributed by atoms with E-state index in [1.165, 1.54) is 44.8 Å². The fourth-order valence-electron chi connectivity index (χ4n) is 4.41. The Morgan fingerprint density at radius 1 is 1.03 bits per heavy atom. The number of carbonyl (C=O) groups excluding carboxylic acids is 1. The van der Waals surface area contributed by atoms with Crippen LogP contribution in [0.15, 0.2) is 94.4 Å². The number of benzene rings is 3. The number of carbonyl (C=O) groups is 1. The molecule has 0 saturated heterocycles. The van der Waals surface area contributed by atoms with Gasteiger partial charge in [0.1, 0.15) is 11.3 Å². The van der Waals surface area contributed by atoms with Crippen molar-refractivity contribution in [2.75, 3.05) is 15.7 Å². The zero-order valence-corrected chi connectivity index (χ0v) is 21.8. The molecule has 0 unspecified atom stereocenters. The van der Waals surface area contributed by atoms with Crippen molar-refractivity contribution in [1.82, 2.24) is 4.98 Å². The van der Waals surface area contributed by atoms with E-state index in [2.05, 4.69) is 4.98 Å². The summed E-state index contributed by atoms with van der Waals surface area (Å²) in [6, 6.07) is 22.5. The number of nitrogens with zero attached hydrogens (tertiary/aromatic N) is 3. The van der Waals surface area contributed by atoms with Gasteiger partial charge in [0.2, 0.25) is 0 Å². The summed E-state index contributed by atoms with van der Waals surface area (Å²) in [7, 11) is -3.76. The minimum absolute atomic E-state index is 0.130. The second-order valence-corrected chi connectivity index (χ2v) is 11.8. The number of fused-ring (bicyclic) bond motifs is 2. The highest BCUT2D eigenvalue weighted by Gasteiger charge is 2.31. The van der Waals surface area contributed by atoms with Crippen LogP contribution in [0.1, 0.15) is 21.7 Å². The number of sulfonamides is 1. The van der Waals surface area contributed by atoms with Gasteiger partial charge in [-0.3, -0.25) is 14.0 Å². The average Bonchev–Trinajstić information content (AvgIpc) is 3.67. The Kier molecular flexibility index (Phi) is 5.98. The second kappa shape index (κ2) is 9.33. The van der Waals surface area contributed by atoms with E-state index >= 15 is 0 Å². The topological polar surface area (TPSA) is 83.7 Å². The lowest BCUT2D eigenvalue weighted by Gasteiger charge is -2.21. The number of furan rings is 1. The molecule has 3 aromatic carbocycles. The van der Waals surface area contributed by atoms with Gasteiger partial charge in [-0.25, -0.2) is 13.4 Å². The maximum atomic E-state index is 13.7. The zero-order chi connectivity index (χ0) is 25.6. The van der Waals surface area contributed by atoms with Crippen LogP contribution >= 0.6 is 22.9 Å². The molecule has 37 heavy (non-hydrogen) atoms. The largest absolute Gasteiger partial charge is 0.467 e. The summed E-state index contributed by atoms with van der Waals surface area (Å²) in [4.78, 5) is 19.9. The molecule has 0 saturated carbocycles.